The summed E-state index contributed by atoms with van der Waals surface area (Å²) in [4.78, 5) is 11.8. The number of amides is 1. The highest BCUT2D eigenvalue weighted by molar-refractivity contribution is 7.90. The average Bonchev–Trinajstić information content (AvgIpc) is 2.93. The van der Waals surface area contributed by atoms with Gasteiger partial charge in [-0.25, -0.2) is 17.8 Å². The molecule has 0 atom stereocenters. The molecule has 2 rings (SSSR count). The van der Waals surface area contributed by atoms with E-state index >= 15 is 0 Å². The van der Waals surface area contributed by atoms with E-state index in [-0.39, 0.29) is 35.4 Å². The lowest BCUT2D eigenvalue weighted by atomic mass is 10.3. The van der Waals surface area contributed by atoms with E-state index in [9.17, 15) is 13.2 Å². The fraction of sp³-hybridized carbons (Fsp3) is 0.385. The van der Waals surface area contributed by atoms with Crippen LogP contribution in [0, 0.1) is 6.92 Å². The molecule has 136 valence electrons. The molecular formula is C13H16ClN5O5S. The number of aryl methyl sites for hydroxylation is 1. The van der Waals surface area contributed by atoms with Crippen molar-refractivity contribution in [1.29, 1.82) is 0 Å². The molecule has 0 aliphatic carbocycles. The number of carbonyl (C=O) groups is 1. The normalized spacial score (nSPS) is 11.3. The maximum Gasteiger partial charge on any atom is 0.267 e. The smallest absolute Gasteiger partial charge is 0.267 e. The van der Waals surface area contributed by atoms with Gasteiger partial charge in [-0.15, -0.1) is 5.10 Å². The second-order valence-electron chi connectivity index (χ2n) is 4.84. The molecule has 0 aliphatic rings. The Morgan fingerprint density at radius 1 is 1.36 bits per heavy atom. The first-order valence-corrected chi connectivity index (χ1v) is 8.89. The van der Waals surface area contributed by atoms with Crippen LogP contribution in [0.15, 0.2) is 23.1 Å². The molecule has 12 heteroatoms. The second kappa shape index (κ2) is 8.23. The lowest BCUT2D eigenvalue weighted by Crippen LogP contribution is -2.34. The van der Waals surface area contributed by atoms with E-state index in [0.717, 1.165) is 0 Å². The first kappa shape index (κ1) is 19.1. The van der Waals surface area contributed by atoms with Crippen LogP contribution in [0.25, 0.3) is 0 Å². The topological polar surface area (TPSA) is 125 Å². The van der Waals surface area contributed by atoms with Gasteiger partial charge in [0.15, 0.2) is 0 Å². The Morgan fingerprint density at radius 3 is 2.76 bits per heavy atom. The Hall–Kier alpha value is -2.24. The van der Waals surface area contributed by atoms with Gasteiger partial charge in [0.1, 0.15) is 29.6 Å². The van der Waals surface area contributed by atoms with Gasteiger partial charge >= 0.3 is 0 Å². The summed E-state index contributed by atoms with van der Waals surface area (Å²) in [6.45, 7) is 1.64. The Balaban J connectivity index is 2.18. The lowest BCUT2D eigenvalue weighted by Gasteiger charge is -2.13. The molecule has 0 saturated heterocycles. The van der Waals surface area contributed by atoms with E-state index in [1.807, 2.05) is 4.72 Å². The number of methoxy groups -OCH3 is 1. The molecule has 10 nitrogen and oxygen atoms in total. The van der Waals surface area contributed by atoms with Gasteiger partial charge in [0.25, 0.3) is 15.9 Å². The molecule has 1 heterocycles. The van der Waals surface area contributed by atoms with E-state index in [1.54, 1.807) is 6.92 Å². The summed E-state index contributed by atoms with van der Waals surface area (Å²) in [6, 6.07) is 4.08. The van der Waals surface area contributed by atoms with E-state index in [4.69, 9.17) is 21.1 Å². The minimum atomic E-state index is -4.20. The van der Waals surface area contributed by atoms with Crippen LogP contribution in [0.2, 0.25) is 5.02 Å². The van der Waals surface area contributed by atoms with Crippen LogP contribution in [-0.4, -0.2) is 54.9 Å². The summed E-state index contributed by atoms with van der Waals surface area (Å²) < 4.78 is 38.3. The van der Waals surface area contributed by atoms with Crippen LogP contribution in [-0.2, 0) is 26.1 Å². The van der Waals surface area contributed by atoms with Gasteiger partial charge < -0.3 is 9.47 Å². The number of benzene rings is 1. The summed E-state index contributed by atoms with van der Waals surface area (Å²) in [7, 11) is -2.71. The first-order chi connectivity index (χ1) is 11.8. The van der Waals surface area contributed by atoms with E-state index in [2.05, 4.69) is 15.5 Å². The predicted molar refractivity (Wildman–Crippen MR) is 86.7 cm³/mol. The summed E-state index contributed by atoms with van der Waals surface area (Å²) in [5, 5.41) is 10.8. The number of halogens is 1. The summed E-state index contributed by atoms with van der Waals surface area (Å²) in [5.41, 5.74) is 0. The Labute approximate surface area is 149 Å². The average molecular weight is 390 g/mol. The molecule has 1 N–H and O–H groups in total. The Kier molecular flexibility index (Phi) is 6.28. The third-order valence-corrected chi connectivity index (χ3v) is 4.62. The first-order valence-electron chi connectivity index (χ1n) is 7.03. The number of nitrogens with zero attached hydrogens (tertiary/aromatic N) is 4. The maximum absolute atomic E-state index is 12.5. The molecule has 0 spiro atoms. The SMILES string of the molecule is COCCOc1ccc(Cl)cc1S(=O)(=O)NC(=O)Cn1nnnc1C. The van der Waals surface area contributed by atoms with Gasteiger partial charge in [0.2, 0.25) is 0 Å². The fourth-order valence-electron chi connectivity index (χ4n) is 1.81. The monoisotopic (exact) mass is 389 g/mol. The maximum atomic E-state index is 12.5. The molecule has 25 heavy (non-hydrogen) atoms. The van der Waals surface area contributed by atoms with Crippen molar-refractivity contribution in [2.24, 2.45) is 0 Å². The number of ether oxygens (including phenoxy) is 2. The molecule has 0 radical (unpaired) electrons. The van der Waals surface area contributed by atoms with Gasteiger partial charge in [0, 0.05) is 12.1 Å². The quantitative estimate of drug-likeness (QED) is 0.633. The number of sulfonamides is 1. The predicted octanol–water partition coefficient (Wildman–Crippen LogP) is 0.165. The van der Waals surface area contributed by atoms with Gasteiger partial charge in [-0.2, -0.15) is 0 Å². The number of nitrogens with one attached hydrogen (secondary N) is 1. The van der Waals surface area contributed by atoms with Crippen LogP contribution in [0.1, 0.15) is 5.82 Å². The standard InChI is InChI=1S/C13H16ClN5O5S/c1-9-15-17-18-19(9)8-13(20)16-25(21,22)12-7-10(14)3-4-11(12)24-6-5-23-2/h3-4,7H,5-6,8H2,1-2H3,(H,16,20). The number of carbonyl (C=O) groups excluding carboxylic acids is 1. The molecule has 0 fully saturated rings. The summed E-state index contributed by atoms with van der Waals surface area (Å²) >= 11 is 5.87. The molecular weight excluding hydrogens is 374 g/mol. The minimum absolute atomic E-state index is 0.0559. The van der Waals surface area contributed by atoms with Crippen molar-refractivity contribution >= 4 is 27.5 Å². The van der Waals surface area contributed by atoms with Crippen molar-refractivity contribution in [3.63, 3.8) is 0 Å². The van der Waals surface area contributed by atoms with E-state index < -0.39 is 15.9 Å². The fourth-order valence-corrected chi connectivity index (χ4v) is 3.20. The van der Waals surface area contributed by atoms with E-state index in [0.29, 0.717) is 5.82 Å². The van der Waals surface area contributed by atoms with Crippen molar-refractivity contribution in [2.75, 3.05) is 20.3 Å². The zero-order valence-corrected chi connectivity index (χ0v) is 15.0. The summed E-state index contributed by atoms with van der Waals surface area (Å²) in [5.74, 6) is -0.377. The van der Waals surface area contributed by atoms with Crippen molar-refractivity contribution in [3.05, 3.63) is 29.0 Å². The third-order valence-electron chi connectivity index (χ3n) is 2.99. The largest absolute Gasteiger partial charge is 0.490 e. The highest BCUT2D eigenvalue weighted by Crippen LogP contribution is 2.27. The van der Waals surface area contributed by atoms with Gasteiger partial charge in [-0.3, -0.25) is 4.79 Å². The van der Waals surface area contributed by atoms with Crippen LogP contribution in [0.5, 0.6) is 5.75 Å². The van der Waals surface area contributed by atoms with Gasteiger partial charge in [-0.1, -0.05) is 11.6 Å². The lowest BCUT2D eigenvalue weighted by molar-refractivity contribution is -0.120. The van der Waals surface area contributed by atoms with Crippen LogP contribution >= 0.6 is 11.6 Å². The highest BCUT2D eigenvalue weighted by atomic mass is 35.5. The number of aromatic nitrogens is 4. The second-order valence-corrected chi connectivity index (χ2v) is 6.93. The minimum Gasteiger partial charge on any atom is -0.490 e. The molecule has 0 bridgehead atoms. The molecule has 0 aliphatic heterocycles. The Morgan fingerprint density at radius 2 is 2.12 bits per heavy atom. The molecule has 1 aromatic carbocycles. The van der Waals surface area contributed by atoms with Gasteiger partial charge in [0.05, 0.1) is 6.61 Å². The zero-order valence-electron chi connectivity index (χ0n) is 13.5. The number of rotatable bonds is 8. The third kappa shape index (κ3) is 5.11. The van der Waals surface area contributed by atoms with Crippen LogP contribution in [0.4, 0.5) is 0 Å². The number of hydrogen-bond donors (Lipinski definition) is 1. The zero-order chi connectivity index (χ0) is 18.4. The van der Waals surface area contributed by atoms with Crippen molar-refractivity contribution in [3.8, 4) is 5.75 Å². The van der Waals surface area contributed by atoms with Crippen LogP contribution in [0.3, 0.4) is 0 Å². The summed E-state index contributed by atoms with van der Waals surface area (Å²) in [6.07, 6.45) is 0. The van der Waals surface area contributed by atoms with E-state index in [1.165, 1.54) is 30.0 Å². The number of tetrazole rings is 1. The highest BCUT2D eigenvalue weighted by Gasteiger charge is 2.23. The van der Waals surface area contributed by atoms with Gasteiger partial charge in [-0.05, 0) is 35.5 Å². The number of hydrogen-bond acceptors (Lipinski definition) is 8. The molecule has 1 amide bonds. The van der Waals surface area contributed by atoms with Crippen molar-refractivity contribution < 1.29 is 22.7 Å². The van der Waals surface area contributed by atoms with Crippen LogP contribution < -0.4 is 9.46 Å². The van der Waals surface area contributed by atoms with Crippen molar-refractivity contribution in [2.45, 2.75) is 18.4 Å². The Bertz CT molecular complexity index is 854. The molecule has 1 aromatic heterocycles. The molecule has 0 saturated carbocycles. The molecule has 2 aromatic rings. The van der Waals surface area contributed by atoms with Crippen molar-refractivity contribution in [1.82, 2.24) is 24.9 Å². The molecule has 0 unspecified atom stereocenters.